The van der Waals surface area contributed by atoms with Crippen molar-refractivity contribution in [2.24, 2.45) is 0 Å². The van der Waals surface area contributed by atoms with Crippen LogP contribution in [0.4, 0.5) is 4.79 Å². The van der Waals surface area contributed by atoms with Gasteiger partial charge in [-0.2, -0.15) is 0 Å². The van der Waals surface area contributed by atoms with Gasteiger partial charge in [0.1, 0.15) is 5.70 Å². The van der Waals surface area contributed by atoms with Crippen molar-refractivity contribution in [3.63, 3.8) is 0 Å². The van der Waals surface area contributed by atoms with Crippen LogP contribution in [0.3, 0.4) is 0 Å². The summed E-state index contributed by atoms with van der Waals surface area (Å²) in [6.07, 6.45) is 0.450. The van der Waals surface area contributed by atoms with Gasteiger partial charge in [0.15, 0.2) is 17.6 Å². The van der Waals surface area contributed by atoms with Crippen LogP contribution in [-0.4, -0.2) is 35.7 Å². The lowest BCUT2D eigenvalue weighted by Gasteiger charge is -2.15. The van der Waals surface area contributed by atoms with Crippen LogP contribution < -0.4 is 20.1 Å². The van der Waals surface area contributed by atoms with Crippen LogP contribution >= 0.6 is 0 Å². The number of imide groups is 1. The maximum Gasteiger partial charge on any atom is 0.344 e. The maximum atomic E-state index is 11.5. The number of hydrogen-bond donors (Lipinski definition) is 3. The second-order valence-corrected chi connectivity index (χ2v) is 4.70. The molecule has 0 saturated carbocycles. The molecule has 23 heavy (non-hydrogen) atoms. The van der Waals surface area contributed by atoms with E-state index in [4.69, 9.17) is 14.6 Å². The number of carbonyl (C=O) groups is 3. The highest BCUT2D eigenvalue weighted by molar-refractivity contribution is 6.14. The molecule has 1 atom stereocenters. The van der Waals surface area contributed by atoms with E-state index in [-0.39, 0.29) is 11.4 Å². The molecular weight excluding hydrogens is 304 g/mol. The molecule has 3 N–H and O–H groups in total. The zero-order chi connectivity index (χ0) is 17.0. The molecule has 0 unspecified atom stereocenters. The number of amides is 3. The number of carboxylic acids is 1. The minimum Gasteiger partial charge on any atom is -0.490 e. The fourth-order valence-electron chi connectivity index (χ4n) is 1.87. The summed E-state index contributed by atoms with van der Waals surface area (Å²) in [6, 6.07) is 4.18. The lowest BCUT2D eigenvalue weighted by Crippen LogP contribution is -2.23. The Morgan fingerprint density at radius 2 is 2.04 bits per heavy atom. The van der Waals surface area contributed by atoms with Crippen LogP contribution in [-0.2, 0) is 9.59 Å². The first kappa shape index (κ1) is 16.3. The minimum absolute atomic E-state index is 0.116. The molecule has 1 heterocycles. The monoisotopic (exact) mass is 320 g/mol. The van der Waals surface area contributed by atoms with Gasteiger partial charge in [-0.25, -0.2) is 9.59 Å². The quantitative estimate of drug-likeness (QED) is 0.534. The van der Waals surface area contributed by atoms with E-state index in [1.807, 2.05) is 0 Å². The van der Waals surface area contributed by atoms with Crippen molar-refractivity contribution in [3.05, 3.63) is 29.5 Å². The average molecular weight is 320 g/mol. The fraction of sp³-hybridized carbons (Fsp3) is 0.267. The first-order valence-corrected chi connectivity index (χ1v) is 6.91. The van der Waals surface area contributed by atoms with E-state index < -0.39 is 24.0 Å². The number of urea groups is 1. The van der Waals surface area contributed by atoms with E-state index >= 15 is 0 Å². The normalized spacial score (nSPS) is 16.7. The predicted octanol–water partition coefficient (Wildman–Crippen LogP) is 1.12. The third kappa shape index (κ3) is 4.00. The Kier molecular flexibility index (Phi) is 4.85. The van der Waals surface area contributed by atoms with Crippen LogP contribution in [0.25, 0.3) is 6.08 Å². The van der Waals surface area contributed by atoms with Gasteiger partial charge in [0.05, 0.1) is 6.61 Å². The molecule has 0 aromatic heterocycles. The van der Waals surface area contributed by atoms with Crippen LogP contribution in [0, 0.1) is 0 Å². The van der Waals surface area contributed by atoms with Crippen molar-refractivity contribution in [1.29, 1.82) is 0 Å². The first-order valence-electron chi connectivity index (χ1n) is 6.91. The number of benzene rings is 1. The number of carbonyl (C=O) groups excluding carboxylic acids is 2. The molecular formula is C15H16N2O6. The summed E-state index contributed by atoms with van der Waals surface area (Å²) in [5, 5.41) is 13.4. The summed E-state index contributed by atoms with van der Waals surface area (Å²) in [5.41, 5.74) is 0.709. The van der Waals surface area contributed by atoms with Crippen molar-refractivity contribution >= 4 is 24.0 Å². The highest BCUT2D eigenvalue weighted by atomic mass is 16.5. The topological polar surface area (TPSA) is 114 Å². The van der Waals surface area contributed by atoms with Crippen molar-refractivity contribution in [2.75, 3.05) is 6.61 Å². The molecule has 8 nitrogen and oxygen atoms in total. The second kappa shape index (κ2) is 6.82. The molecule has 122 valence electrons. The molecule has 0 radical (unpaired) electrons. The molecule has 1 aromatic rings. The number of rotatable bonds is 6. The van der Waals surface area contributed by atoms with Gasteiger partial charge >= 0.3 is 12.0 Å². The van der Waals surface area contributed by atoms with Gasteiger partial charge in [-0.3, -0.25) is 10.1 Å². The van der Waals surface area contributed by atoms with Gasteiger partial charge in [0, 0.05) is 0 Å². The average Bonchev–Trinajstić information content (AvgIpc) is 2.79. The summed E-state index contributed by atoms with van der Waals surface area (Å²) in [5.74, 6) is -0.986. The summed E-state index contributed by atoms with van der Waals surface area (Å²) >= 11 is 0. The van der Waals surface area contributed by atoms with Crippen LogP contribution in [0.15, 0.2) is 23.9 Å². The largest absolute Gasteiger partial charge is 0.490 e. The van der Waals surface area contributed by atoms with Crippen molar-refractivity contribution in [1.82, 2.24) is 10.6 Å². The Labute approximate surface area is 132 Å². The van der Waals surface area contributed by atoms with Crippen LogP contribution in [0.2, 0.25) is 0 Å². The van der Waals surface area contributed by atoms with Gasteiger partial charge in [-0.1, -0.05) is 6.07 Å². The van der Waals surface area contributed by atoms with Crippen LogP contribution in [0.5, 0.6) is 11.5 Å². The fourth-order valence-corrected chi connectivity index (χ4v) is 1.87. The van der Waals surface area contributed by atoms with Gasteiger partial charge in [-0.05, 0) is 37.6 Å². The Balaban J connectivity index is 2.28. The Morgan fingerprint density at radius 1 is 1.30 bits per heavy atom. The lowest BCUT2D eigenvalue weighted by molar-refractivity contribution is -0.144. The summed E-state index contributed by atoms with van der Waals surface area (Å²) in [7, 11) is 0. The number of carboxylic acid groups (broad SMARTS) is 1. The molecule has 0 spiro atoms. The highest BCUT2D eigenvalue weighted by Gasteiger charge is 2.23. The highest BCUT2D eigenvalue weighted by Crippen LogP contribution is 2.30. The molecule has 3 amide bonds. The van der Waals surface area contributed by atoms with E-state index in [0.717, 1.165) is 0 Å². The van der Waals surface area contributed by atoms with E-state index in [9.17, 15) is 14.4 Å². The molecule has 1 aromatic carbocycles. The van der Waals surface area contributed by atoms with E-state index in [0.29, 0.717) is 17.9 Å². The summed E-state index contributed by atoms with van der Waals surface area (Å²) < 4.78 is 10.8. The van der Waals surface area contributed by atoms with E-state index in [2.05, 4.69) is 10.6 Å². The van der Waals surface area contributed by atoms with Gasteiger partial charge in [0.2, 0.25) is 0 Å². The smallest absolute Gasteiger partial charge is 0.344 e. The van der Waals surface area contributed by atoms with Crippen molar-refractivity contribution < 1.29 is 29.0 Å². The van der Waals surface area contributed by atoms with Crippen molar-refractivity contribution in [3.8, 4) is 11.5 Å². The van der Waals surface area contributed by atoms with E-state index in [1.54, 1.807) is 25.1 Å². The molecule has 0 bridgehead atoms. The van der Waals surface area contributed by atoms with Gasteiger partial charge in [-0.15, -0.1) is 0 Å². The Morgan fingerprint density at radius 3 is 2.61 bits per heavy atom. The van der Waals surface area contributed by atoms with Gasteiger partial charge in [0.25, 0.3) is 5.91 Å². The molecule has 0 aliphatic carbocycles. The van der Waals surface area contributed by atoms with E-state index in [1.165, 1.54) is 13.0 Å². The number of hydrogen-bond acceptors (Lipinski definition) is 5. The zero-order valence-electron chi connectivity index (χ0n) is 12.6. The molecule has 8 heteroatoms. The van der Waals surface area contributed by atoms with Crippen LogP contribution in [0.1, 0.15) is 19.4 Å². The third-order valence-corrected chi connectivity index (χ3v) is 2.95. The maximum absolute atomic E-state index is 11.5. The third-order valence-electron chi connectivity index (χ3n) is 2.95. The predicted molar refractivity (Wildman–Crippen MR) is 80.0 cm³/mol. The Bertz CT molecular complexity index is 683. The molecule has 1 aliphatic rings. The Hall–Kier alpha value is -3.03. The lowest BCUT2D eigenvalue weighted by atomic mass is 10.1. The number of nitrogens with one attached hydrogen (secondary N) is 2. The number of aliphatic carboxylic acids is 1. The zero-order valence-corrected chi connectivity index (χ0v) is 12.6. The summed E-state index contributed by atoms with van der Waals surface area (Å²) in [4.78, 5) is 33.5. The molecule has 1 fully saturated rings. The summed E-state index contributed by atoms with van der Waals surface area (Å²) in [6.45, 7) is 3.54. The molecule has 1 aliphatic heterocycles. The van der Waals surface area contributed by atoms with Crippen molar-refractivity contribution in [2.45, 2.75) is 20.0 Å². The SMILES string of the molecule is CCOc1cc(/C=C2\NC(=O)NC2=O)ccc1O[C@@H](C)C(=O)O. The minimum atomic E-state index is -1.09. The molecule has 1 saturated heterocycles. The second-order valence-electron chi connectivity index (χ2n) is 4.70. The number of ether oxygens (including phenoxy) is 2. The van der Waals surface area contributed by atoms with Gasteiger partial charge < -0.3 is 19.9 Å². The molecule has 2 rings (SSSR count). The first-order chi connectivity index (χ1) is 10.9. The standard InChI is InChI=1S/C15H16N2O6/c1-3-22-12-7-9(6-10-13(18)17-15(21)16-10)4-5-11(12)23-8(2)14(19)20/h4-8H,3H2,1-2H3,(H,19,20)(H2,16,17,18,21)/b10-6-/t8-/m0/s1.